The summed E-state index contributed by atoms with van der Waals surface area (Å²) in [6, 6.07) is 6.76. The second kappa shape index (κ2) is 10.1. The van der Waals surface area contributed by atoms with Gasteiger partial charge in [-0.15, -0.1) is 0 Å². The molecule has 0 saturated carbocycles. The van der Waals surface area contributed by atoms with Crippen LogP contribution in [0.4, 0.5) is 10.1 Å². The second-order valence-electron chi connectivity index (χ2n) is 8.03. The lowest BCUT2D eigenvalue weighted by molar-refractivity contribution is 0.145. The molecular weight excluding hydrogens is 490 g/mol. The Balaban J connectivity index is 1.39. The summed E-state index contributed by atoms with van der Waals surface area (Å²) in [5.41, 5.74) is 0.627. The number of rotatable bonds is 8. The molecular formula is C22H25Cl2FN4O3S. The molecule has 3 aromatic rings. The molecule has 1 aliphatic rings. The van der Waals surface area contributed by atoms with Crippen LogP contribution in [-0.2, 0) is 10.0 Å². The molecule has 0 bridgehead atoms. The fraction of sp³-hybridized carbons (Fsp3) is 0.364. The summed E-state index contributed by atoms with van der Waals surface area (Å²) >= 11 is 12.3. The van der Waals surface area contributed by atoms with Gasteiger partial charge in [-0.25, -0.2) is 12.8 Å². The van der Waals surface area contributed by atoms with Crippen molar-refractivity contribution in [3.63, 3.8) is 0 Å². The summed E-state index contributed by atoms with van der Waals surface area (Å²) < 4.78 is 48.4. The Morgan fingerprint density at radius 1 is 1.12 bits per heavy atom. The second-order valence-corrected chi connectivity index (χ2v) is 10.5. The third kappa shape index (κ3) is 5.55. The van der Waals surface area contributed by atoms with Gasteiger partial charge in [0.1, 0.15) is 16.5 Å². The van der Waals surface area contributed by atoms with Gasteiger partial charge in [0.2, 0.25) is 0 Å². The fourth-order valence-corrected chi connectivity index (χ4v) is 5.48. The van der Waals surface area contributed by atoms with Crippen LogP contribution in [0.1, 0.15) is 6.42 Å². The first kappa shape index (κ1) is 24.1. The number of hydrogen-bond acceptors (Lipinski definition) is 5. The van der Waals surface area contributed by atoms with Gasteiger partial charge in [-0.05, 0) is 37.7 Å². The molecule has 0 amide bonds. The van der Waals surface area contributed by atoms with Crippen LogP contribution < -0.4 is 9.46 Å². The Morgan fingerprint density at radius 3 is 2.61 bits per heavy atom. The molecule has 0 atom stereocenters. The highest BCUT2D eigenvalue weighted by atomic mass is 35.5. The van der Waals surface area contributed by atoms with Crippen LogP contribution in [0.25, 0.3) is 10.9 Å². The molecule has 0 aliphatic carbocycles. The van der Waals surface area contributed by atoms with E-state index in [4.69, 9.17) is 27.9 Å². The molecule has 0 radical (unpaired) electrons. The van der Waals surface area contributed by atoms with Crippen molar-refractivity contribution in [2.24, 2.45) is 0 Å². The third-order valence-corrected chi connectivity index (χ3v) is 7.67. The zero-order chi connectivity index (χ0) is 23.6. The normalized spacial score (nSPS) is 15.8. The number of aromatic nitrogens is 1. The minimum absolute atomic E-state index is 0.213. The number of fused-ring (bicyclic) bond motifs is 1. The van der Waals surface area contributed by atoms with Gasteiger partial charge in [-0.1, -0.05) is 23.2 Å². The fourth-order valence-electron chi connectivity index (χ4n) is 3.79. The van der Waals surface area contributed by atoms with E-state index in [-0.39, 0.29) is 11.4 Å². The lowest BCUT2D eigenvalue weighted by Crippen LogP contribution is -2.44. The van der Waals surface area contributed by atoms with E-state index in [1.165, 1.54) is 30.5 Å². The number of halogens is 3. The number of aromatic amines is 1. The number of nitrogens with one attached hydrogen (secondary N) is 2. The molecule has 33 heavy (non-hydrogen) atoms. The first-order valence-corrected chi connectivity index (χ1v) is 12.8. The van der Waals surface area contributed by atoms with Crippen molar-refractivity contribution >= 4 is 49.8 Å². The quantitative estimate of drug-likeness (QED) is 0.434. The van der Waals surface area contributed by atoms with Crippen molar-refractivity contribution < 1.29 is 17.5 Å². The number of ether oxygens (including phenoxy) is 1. The molecule has 4 rings (SSSR count). The van der Waals surface area contributed by atoms with E-state index in [1.807, 2.05) is 0 Å². The monoisotopic (exact) mass is 514 g/mol. The van der Waals surface area contributed by atoms with Crippen LogP contribution in [0.5, 0.6) is 5.75 Å². The maximum Gasteiger partial charge on any atom is 0.264 e. The van der Waals surface area contributed by atoms with E-state index in [9.17, 15) is 12.8 Å². The molecule has 1 aliphatic heterocycles. The van der Waals surface area contributed by atoms with Crippen molar-refractivity contribution in [1.29, 1.82) is 0 Å². The summed E-state index contributed by atoms with van der Waals surface area (Å²) in [7, 11) is -2.09. The van der Waals surface area contributed by atoms with E-state index in [0.29, 0.717) is 27.6 Å². The molecule has 2 heterocycles. The number of anilines is 1. The Labute approximate surface area is 202 Å². The average Bonchev–Trinajstić information content (AvgIpc) is 3.17. The third-order valence-electron chi connectivity index (χ3n) is 5.66. The number of sulfonamides is 1. The van der Waals surface area contributed by atoms with Crippen molar-refractivity contribution in [2.45, 2.75) is 11.3 Å². The molecule has 11 heteroatoms. The molecule has 2 N–H and O–H groups in total. The predicted octanol–water partition coefficient (Wildman–Crippen LogP) is 4.43. The van der Waals surface area contributed by atoms with E-state index < -0.39 is 20.7 Å². The molecule has 0 unspecified atom stereocenters. The highest BCUT2D eigenvalue weighted by Gasteiger charge is 2.22. The standard InChI is InChI=1S/C22H25Cl2FN4O3S/c1-28-8-10-29(11-9-28)7-2-12-32-15-3-6-20(18(25)13-15)33(30,31)27-19-5-4-16(23)21-17(24)14-26-22(19)21/h3-6,13-14,26-27H,2,7-12H2,1H3. The maximum atomic E-state index is 14.7. The summed E-state index contributed by atoms with van der Waals surface area (Å²) in [6.45, 7) is 5.49. The lowest BCUT2D eigenvalue weighted by Gasteiger charge is -2.32. The van der Waals surface area contributed by atoms with E-state index in [1.54, 1.807) is 0 Å². The Morgan fingerprint density at radius 2 is 1.88 bits per heavy atom. The molecule has 1 fully saturated rings. The molecule has 1 saturated heterocycles. The van der Waals surface area contributed by atoms with Crippen LogP contribution in [0.3, 0.4) is 0 Å². The summed E-state index contributed by atoms with van der Waals surface area (Å²) in [4.78, 5) is 7.07. The summed E-state index contributed by atoms with van der Waals surface area (Å²) in [6.07, 6.45) is 2.31. The first-order chi connectivity index (χ1) is 15.7. The zero-order valence-corrected chi connectivity index (χ0v) is 20.4. The summed E-state index contributed by atoms with van der Waals surface area (Å²) in [5, 5.41) is 1.22. The summed E-state index contributed by atoms with van der Waals surface area (Å²) in [5.74, 6) is -0.608. The van der Waals surface area contributed by atoms with Crippen molar-refractivity contribution in [3.8, 4) is 5.75 Å². The number of H-pyrrole nitrogens is 1. The van der Waals surface area contributed by atoms with E-state index in [0.717, 1.165) is 45.2 Å². The number of nitrogens with zero attached hydrogens (tertiary/aromatic N) is 2. The van der Waals surface area contributed by atoms with Crippen molar-refractivity contribution in [1.82, 2.24) is 14.8 Å². The van der Waals surface area contributed by atoms with Gasteiger partial charge in [0, 0.05) is 50.4 Å². The SMILES string of the molecule is CN1CCN(CCCOc2ccc(S(=O)(=O)Nc3ccc(Cl)c4c(Cl)c[nH]c34)c(F)c2)CC1. The van der Waals surface area contributed by atoms with Crippen molar-refractivity contribution in [3.05, 3.63) is 52.4 Å². The van der Waals surface area contributed by atoms with Crippen molar-refractivity contribution in [2.75, 3.05) is 51.1 Å². The van der Waals surface area contributed by atoms with Crippen LogP contribution in [-0.4, -0.2) is 69.6 Å². The first-order valence-electron chi connectivity index (χ1n) is 10.6. The largest absolute Gasteiger partial charge is 0.493 e. The van der Waals surface area contributed by atoms with Crippen LogP contribution >= 0.6 is 23.2 Å². The maximum absolute atomic E-state index is 14.7. The van der Waals surface area contributed by atoms with Gasteiger partial charge < -0.3 is 19.5 Å². The highest BCUT2D eigenvalue weighted by Crippen LogP contribution is 2.35. The minimum Gasteiger partial charge on any atom is -0.493 e. The Kier molecular flexibility index (Phi) is 7.35. The average molecular weight is 515 g/mol. The van der Waals surface area contributed by atoms with Crippen LogP contribution in [0.2, 0.25) is 10.0 Å². The van der Waals surface area contributed by atoms with Gasteiger partial charge in [-0.2, -0.15) is 0 Å². The van der Waals surface area contributed by atoms with Gasteiger partial charge in [0.15, 0.2) is 0 Å². The molecule has 7 nitrogen and oxygen atoms in total. The predicted molar refractivity (Wildman–Crippen MR) is 130 cm³/mol. The molecule has 1 aromatic heterocycles. The van der Waals surface area contributed by atoms with Crippen LogP contribution in [0.15, 0.2) is 41.4 Å². The molecule has 0 spiro atoms. The van der Waals surface area contributed by atoms with Gasteiger partial charge in [-0.3, -0.25) is 4.72 Å². The Hall–Kier alpha value is -2.04. The van der Waals surface area contributed by atoms with Gasteiger partial charge in [0.25, 0.3) is 10.0 Å². The van der Waals surface area contributed by atoms with Crippen LogP contribution in [0, 0.1) is 5.82 Å². The topological polar surface area (TPSA) is 77.7 Å². The van der Waals surface area contributed by atoms with Gasteiger partial charge >= 0.3 is 0 Å². The van der Waals surface area contributed by atoms with Gasteiger partial charge in [0.05, 0.1) is 27.9 Å². The zero-order valence-electron chi connectivity index (χ0n) is 18.1. The van der Waals surface area contributed by atoms with E-state index in [2.05, 4.69) is 26.6 Å². The van der Waals surface area contributed by atoms with E-state index >= 15 is 0 Å². The highest BCUT2D eigenvalue weighted by molar-refractivity contribution is 7.92. The molecule has 2 aromatic carbocycles. The molecule has 178 valence electrons. The minimum atomic E-state index is -4.20. The number of hydrogen-bond donors (Lipinski definition) is 2. The number of benzene rings is 2. The lowest BCUT2D eigenvalue weighted by atomic mass is 10.2. The number of likely N-dealkylation sites (N-methyl/N-ethyl adjacent to an activating group) is 1. The Bertz CT molecular complexity index is 1240. The number of piperazine rings is 1. The smallest absolute Gasteiger partial charge is 0.264 e.